The number of amides is 1. The Hall–Kier alpha value is -2.58. The molecule has 0 fully saturated rings. The molecule has 0 aliphatic rings. The van der Waals surface area contributed by atoms with Gasteiger partial charge in [0, 0.05) is 11.3 Å². The summed E-state index contributed by atoms with van der Waals surface area (Å²) in [5.41, 5.74) is 1.11. The number of ether oxygens (including phenoxy) is 2. The number of sulfone groups is 1. The summed E-state index contributed by atoms with van der Waals surface area (Å²) in [5, 5.41) is 3.01. The third kappa shape index (κ3) is 6.24. The van der Waals surface area contributed by atoms with Crippen LogP contribution in [0.4, 0.5) is 5.69 Å². The molecule has 28 heavy (non-hydrogen) atoms. The third-order valence-electron chi connectivity index (χ3n) is 3.69. The molecule has 0 spiro atoms. The van der Waals surface area contributed by atoms with Crippen LogP contribution in [0.5, 0.6) is 5.75 Å². The molecule has 1 atom stereocenters. The zero-order valence-corrected chi connectivity index (χ0v) is 17.1. The second-order valence-corrected chi connectivity index (χ2v) is 8.73. The number of rotatable bonds is 7. The van der Waals surface area contributed by atoms with Gasteiger partial charge in [-0.3, -0.25) is 4.79 Å². The molecule has 0 radical (unpaired) electrons. The second-order valence-electron chi connectivity index (χ2n) is 6.15. The molecule has 1 N–H and O–H groups in total. The molecule has 1 unspecified atom stereocenters. The number of carbonyl (C=O) groups excluding carboxylic acids is 2. The van der Waals surface area contributed by atoms with Gasteiger partial charge in [0.15, 0.2) is 15.9 Å². The number of nitrogens with one attached hydrogen (secondary N) is 1. The SMILES string of the molecule is COc1ccc(Cl)cc1NC(=O)C(C)OC(=O)c1ccc(CS(C)(=O)=O)cc1. The van der Waals surface area contributed by atoms with Gasteiger partial charge >= 0.3 is 5.97 Å². The van der Waals surface area contributed by atoms with Crippen molar-refractivity contribution in [2.45, 2.75) is 18.8 Å². The van der Waals surface area contributed by atoms with E-state index in [-0.39, 0.29) is 11.3 Å². The van der Waals surface area contributed by atoms with E-state index in [1.165, 1.54) is 44.4 Å². The summed E-state index contributed by atoms with van der Waals surface area (Å²) in [6.45, 7) is 1.43. The summed E-state index contributed by atoms with van der Waals surface area (Å²) < 4.78 is 32.9. The predicted molar refractivity (Wildman–Crippen MR) is 107 cm³/mol. The molecule has 0 heterocycles. The molecular formula is C19H20ClNO6S. The molecular weight excluding hydrogens is 406 g/mol. The zero-order valence-electron chi connectivity index (χ0n) is 15.6. The smallest absolute Gasteiger partial charge is 0.338 e. The minimum Gasteiger partial charge on any atom is -0.495 e. The number of hydrogen-bond donors (Lipinski definition) is 1. The van der Waals surface area contributed by atoms with Crippen molar-refractivity contribution in [1.82, 2.24) is 0 Å². The van der Waals surface area contributed by atoms with Crippen LogP contribution in [-0.4, -0.2) is 39.8 Å². The molecule has 2 aromatic rings. The Labute approximate surface area is 168 Å². The van der Waals surface area contributed by atoms with Gasteiger partial charge in [-0.15, -0.1) is 0 Å². The Morgan fingerprint density at radius 2 is 1.79 bits per heavy atom. The highest BCUT2D eigenvalue weighted by Crippen LogP contribution is 2.27. The molecule has 0 saturated carbocycles. The minimum atomic E-state index is -3.17. The van der Waals surface area contributed by atoms with Crippen molar-refractivity contribution in [2.75, 3.05) is 18.7 Å². The molecule has 2 aromatic carbocycles. The molecule has 2 rings (SSSR count). The highest BCUT2D eigenvalue weighted by molar-refractivity contribution is 7.89. The highest BCUT2D eigenvalue weighted by atomic mass is 35.5. The number of methoxy groups -OCH3 is 1. The molecule has 0 bridgehead atoms. The van der Waals surface area contributed by atoms with Crippen molar-refractivity contribution >= 4 is 39.0 Å². The van der Waals surface area contributed by atoms with Crippen LogP contribution in [0, 0.1) is 0 Å². The van der Waals surface area contributed by atoms with E-state index in [1.54, 1.807) is 12.1 Å². The number of carbonyl (C=O) groups is 2. The first-order valence-electron chi connectivity index (χ1n) is 8.21. The maximum Gasteiger partial charge on any atom is 0.338 e. The topological polar surface area (TPSA) is 98.8 Å². The predicted octanol–water partition coefficient (Wildman–Crippen LogP) is 3.08. The monoisotopic (exact) mass is 425 g/mol. The summed E-state index contributed by atoms with van der Waals surface area (Å²) in [5.74, 6) is -0.963. The Morgan fingerprint density at radius 1 is 1.14 bits per heavy atom. The van der Waals surface area contributed by atoms with Gasteiger partial charge in [0.2, 0.25) is 0 Å². The van der Waals surface area contributed by atoms with Crippen molar-refractivity contribution < 1.29 is 27.5 Å². The van der Waals surface area contributed by atoms with E-state index < -0.39 is 27.8 Å². The number of benzene rings is 2. The number of halogens is 1. The van der Waals surface area contributed by atoms with E-state index in [2.05, 4.69) is 5.32 Å². The van der Waals surface area contributed by atoms with Crippen molar-refractivity contribution in [3.8, 4) is 5.75 Å². The first-order valence-corrected chi connectivity index (χ1v) is 10.6. The van der Waals surface area contributed by atoms with Gasteiger partial charge in [0.05, 0.1) is 24.1 Å². The lowest BCUT2D eigenvalue weighted by atomic mass is 10.1. The van der Waals surface area contributed by atoms with Crippen LogP contribution in [0.1, 0.15) is 22.8 Å². The van der Waals surface area contributed by atoms with Gasteiger partial charge in [0.1, 0.15) is 5.75 Å². The summed E-state index contributed by atoms with van der Waals surface area (Å²) in [6, 6.07) is 10.7. The fraction of sp³-hybridized carbons (Fsp3) is 0.263. The zero-order chi connectivity index (χ0) is 20.9. The van der Waals surface area contributed by atoms with Crippen molar-refractivity contribution in [1.29, 1.82) is 0 Å². The van der Waals surface area contributed by atoms with Crippen LogP contribution in [0.25, 0.3) is 0 Å². The van der Waals surface area contributed by atoms with Crippen LogP contribution < -0.4 is 10.1 Å². The normalized spacial score (nSPS) is 12.1. The van der Waals surface area contributed by atoms with Crippen LogP contribution in [0.3, 0.4) is 0 Å². The average molecular weight is 426 g/mol. The van der Waals surface area contributed by atoms with Crippen molar-refractivity contribution in [3.05, 3.63) is 58.6 Å². The van der Waals surface area contributed by atoms with Crippen LogP contribution >= 0.6 is 11.6 Å². The molecule has 0 aromatic heterocycles. The molecule has 9 heteroatoms. The van der Waals surface area contributed by atoms with Gasteiger partial charge in [-0.25, -0.2) is 13.2 Å². The number of hydrogen-bond acceptors (Lipinski definition) is 6. The second kappa shape index (κ2) is 9.07. The lowest BCUT2D eigenvalue weighted by Crippen LogP contribution is -2.30. The Kier molecular flexibility index (Phi) is 7.04. The van der Waals surface area contributed by atoms with Gasteiger partial charge in [0.25, 0.3) is 5.91 Å². The Balaban J connectivity index is 2.01. The fourth-order valence-electron chi connectivity index (χ4n) is 2.33. The van der Waals surface area contributed by atoms with E-state index in [9.17, 15) is 18.0 Å². The summed E-state index contributed by atoms with van der Waals surface area (Å²) in [6.07, 6.45) is 0.0524. The number of esters is 1. The van der Waals surface area contributed by atoms with E-state index in [1.807, 2.05) is 0 Å². The Bertz CT molecular complexity index is 972. The van der Waals surface area contributed by atoms with Crippen molar-refractivity contribution in [3.63, 3.8) is 0 Å². The summed E-state index contributed by atoms with van der Waals surface area (Å²) >= 11 is 5.92. The molecule has 0 aliphatic heterocycles. The summed E-state index contributed by atoms with van der Waals surface area (Å²) in [4.78, 5) is 24.5. The largest absolute Gasteiger partial charge is 0.495 e. The van der Waals surface area contributed by atoms with E-state index in [0.29, 0.717) is 22.0 Å². The molecule has 0 saturated heterocycles. The summed E-state index contributed by atoms with van der Waals surface area (Å²) in [7, 11) is -1.71. The number of anilines is 1. The van der Waals surface area contributed by atoms with Gasteiger partial charge in [-0.1, -0.05) is 23.7 Å². The van der Waals surface area contributed by atoms with Crippen molar-refractivity contribution in [2.24, 2.45) is 0 Å². The van der Waals surface area contributed by atoms with Crippen LogP contribution in [-0.2, 0) is 25.1 Å². The standard InChI is InChI=1S/C19H20ClNO6S/c1-12(18(22)21-16-10-15(20)8-9-17(16)26-2)27-19(23)14-6-4-13(5-7-14)11-28(3,24)25/h4-10,12H,11H2,1-3H3,(H,21,22). The lowest BCUT2D eigenvalue weighted by Gasteiger charge is -2.15. The quantitative estimate of drug-likeness (QED) is 0.684. The van der Waals surface area contributed by atoms with Crippen LogP contribution in [0.2, 0.25) is 5.02 Å². The van der Waals surface area contributed by atoms with Gasteiger partial charge < -0.3 is 14.8 Å². The molecule has 150 valence electrons. The van der Waals surface area contributed by atoms with Gasteiger partial charge in [-0.2, -0.15) is 0 Å². The van der Waals surface area contributed by atoms with Gasteiger partial charge in [-0.05, 0) is 42.8 Å². The molecule has 7 nitrogen and oxygen atoms in total. The minimum absolute atomic E-state index is 0.122. The fourth-order valence-corrected chi connectivity index (χ4v) is 3.30. The highest BCUT2D eigenvalue weighted by Gasteiger charge is 2.20. The van der Waals surface area contributed by atoms with E-state index in [0.717, 1.165) is 6.26 Å². The maximum atomic E-state index is 12.3. The first kappa shape index (κ1) is 21.7. The first-order chi connectivity index (χ1) is 13.1. The van der Waals surface area contributed by atoms with E-state index >= 15 is 0 Å². The molecule has 1 amide bonds. The third-order valence-corrected chi connectivity index (χ3v) is 4.78. The maximum absolute atomic E-state index is 12.3. The van der Waals surface area contributed by atoms with Crippen LogP contribution in [0.15, 0.2) is 42.5 Å². The lowest BCUT2D eigenvalue weighted by molar-refractivity contribution is -0.123. The Morgan fingerprint density at radius 3 is 2.36 bits per heavy atom. The van der Waals surface area contributed by atoms with E-state index in [4.69, 9.17) is 21.1 Å². The average Bonchev–Trinajstić information content (AvgIpc) is 2.61. The molecule has 0 aliphatic carbocycles.